The molecule has 1 heterocycles. The Balaban J connectivity index is 2.00. The molecule has 2 amide bonds. The van der Waals surface area contributed by atoms with Crippen LogP contribution in [0.25, 0.3) is 0 Å². The molecule has 0 aliphatic carbocycles. The minimum absolute atomic E-state index is 0.105. The highest BCUT2D eigenvalue weighted by Gasteiger charge is 2.15. The molecule has 5 nitrogen and oxygen atoms in total. The maximum atomic E-state index is 11.3. The summed E-state index contributed by atoms with van der Waals surface area (Å²) in [5.41, 5.74) is 0. The first-order valence-corrected chi connectivity index (χ1v) is 6.45. The Labute approximate surface area is 104 Å². The molecular formula is C12H25N3O2. The van der Waals surface area contributed by atoms with Crippen molar-refractivity contribution in [1.29, 1.82) is 0 Å². The highest BCUT2D eigenvalue weighted by Crippen LogP contribution is 2.14. The zero-order valence-corrected chi connectivity index (χ0v) is 11.0. The Bertz CT molecular complexity index is 224. The number of likely N-dealkylation sites (tertiary alicyclic amines) is 1. The predicted molar refractivity (Wildman–Crippen MR) is 68.1 cm³/mol. The summed E-state index contributed by atoms with van der Waals surface area (Å²) in [6.45, 7) is 7.38. The largest absolute Gasteiger partial charge is 0.383 e. The van der Waals surface area contributed by atoms with Crippen molar-refractivity contribution in [1.82, 2.24) is 15.5 Å². The van der Waals surface area contributed by atoms with E-state index in [1.54, 1.807) is 7.11 Å². The van der Waals surface area contributed by atoms with Crippen LogP contribution in [0.2, 0.25) is 0 Å². The number of hydrogen-bond donors (Lipinski definition) is 2. The fraction of sp³-hybridized carbons (Fsp3) is 0.917. The summed E-state index contributed by atoms with van der Waals surface area (Å²) in [6.07, 6.45) is 2.61. The molecular weight excluding hydrogens is 218 g/mol. The quantitative estimate of drug-likeness (QED) is 0.674. The Morgan fingerprint density at radius 3 is 2.88 bits per heavy atom. The van der Waals surface area contributed by atoms with Gasteiger partial charge < -0.3 is 20.3 Å². The SMILES string of the molecule is COCCNC(=O)NCCN1CCCC(C)C1. The fourth-order valence-electron chi connectivity index (χ4n) is 2.15. The van der Waals surface area contributed by atoms with Crippen LogP contribution in [0.5, 0.6) is 0 Å². The van der Waals surface area contributed by atoms with Gasteiger partial charge in [0.1, 0.15) is 0 Å². The molecule has 0 aromatic heterocycles. The van der Waals surface area contributed by atoms with Gasteiger partial charge in [0.25, 0.3) is 0 Å². The molecule has 0 aromatic rings. The molecule has 1 atom stereocenters. The lowest BCUT2D eigenvalue weighted by atomic mass is 10.0. The van der Waals surface area contributed by atoms with Crippen LogP contribution >= 0.6 is 0 Å². The van der Waals surface area contributed by atoms with Crippen molar-refractivity contribution in [3.8, 4) is 0 Å². The number of hydrogen-bond acceptors (Lipinski definition) is 3. The average Bonchev–Trinajstić information content (AvgIpc) is 2.29. The van der Waals surface area contributed by atoms with Crippen molar-refractivity contribution in [2.24, 2.45) is 5.92 Å². The van der Waals surface area contributed by atoms with Crippen LogP contribution in [0, 0.1) is 5.92 Å². The van der Waals surface area contributed by atoms with E-state index in [1.165, 1.54) is 12.8 Å². The lowest BCUT2D eigenvalue weighted by molar-refractivity contribution is 0.182. The van der Waals surface area contributed by atoms with Gasteiger partial charge in [-0.05, 0) is 25.3 Å². The van der Waals surface area contributed by atoms with E-state index in [0.29, 0.717) is 19.7 Å². The summed E-state index contributed by atoms with van der Waals surface area (Å²) in [4.78, 5) is 13.7. The number of carbonyl (C=O) groups is 1. The normalized spacial score (nSPS) is 21.2. The third-order valence-corrected chi connectivity index (χ3v) is 3.05. The molecule has 1 aliphatic rings. The third kappa shape index (κ3) is 6.48. The first kappa shape index (κ1) is 14.3. The number of piperidine rings is 1. The summed E-state index contributed by atoms with van der Waals surface area (Å²) < 4.78 is 4.85. The lowest BCUT2D eigenvalue weighted by Crippen LogP contribution is -2.43. The number of amides is 2. The second kappa shape index (κ2) is 8.31. The number of nitrogens with zero attached hydrogens (tertiary/aromatic N) is 1. The van der Waals surface area contributed by atoms with Gasteiger partial charge in [0.2, 0.25) is 0 Å². The van der Waals surface area contributed by atoms with E-state index in [0.717, 1.165) is 25.6 Å². The monoisotopic (exact) mass is 243 g/mol. The number of methoxy groups -OCH3 is 1. The van der Waals surface area contributed by atoms with Crippen molar-refractivity contribution >= 4 is 6.03 Å². The van der Waals surface area contributed by atoms with Crippen LogP contribution in [0.1, 0.15) is 19.8 Å². The van der Waals surface area contributed by atoms with Crippen LogP contribution in [-0.4, -0.2) is 57.4 Å². The molecule has 1 rings (SSSR count). The van der Waals surface area contributed by atoms with Crippen LogP contribution < -0.4 is 10.6 Å². The molecule has 100 valence electrons. The molecule has 1 aliphatic heterocycles. The van der Waals surface area contributed by atoms with Crippen molar-refractivity contribution < 1.29 is 9.53 Å². The zero-order valence-electron chi connectivity index (χ0n) is 11.0. The molecule has 2 N–H and O–H groups in total. The number of nitrogens with one attached hydrogen (secondary N) is 2. The number of urea groups is 1. The smallest absolute Gasteiger partial charge is 0.314 e. The van der Waals surface area contributed by atoms with Gasteiger partial charge in [0, 0.05) is 33.3 Å². The van der Waals surface area contributed by atoms with E-state index in [-0.39, 0.29) is 6.03 Å². The van der Waals surface area contributed by atoms with Gasteiger partial charge in [-0.15, -0.1) is 0 Å². The van der Waals surface area contributed by atoms with Gasteiger partial charge >= 0.3 is 6.03 Å². The molecule has 17 heavy (non-hydrogen) atoms. The average molecular weight is 243 g/mol. The van der Waals surface area contributed by atoms with E-state index in [4.69, 9.17) is 4.74 Å². The van der Waals surface area contributed by atoms with Crippen molar-refractivity contribution in [3.63, 3.8) is 0 Å². The second-order valence-corrected chi connectivity index (χ2v) is 4.72. The number of ether oxygens (including phenoxy) is 1. The van der Waals surface area contributed by atoms with E-state index < -0.39 is 0 Å². The van der Waals surface area contributed by atoms with Gasteiger partial charge in [-0.3, -0.25) is 0 Å². The molecule has 1 saturated heterocycles. The zero-order chi connectivity index (χ0) is 12.5. The van der Waals surface area contributed by atoms with E-state index >= 15 is 0 Å². The fourth-order valence-corrected chi connectivity index (χ4v) is 2.15. The van der Waals surface area contributed by atoms with Crippen LogP contribution in [-0.2, 0) is 4.74 Å². The summed E-state index contributed by atoms with van der Waals surface area (Å²) in [5.74, 6) is 0.791. The van der Waals surface area contributed by atoms with E-state index in [1.807, 2.05) is 0 Å². The molecule has 5 heteroatoms. The summed E-state index contributed by atoms with van der Waals surface area (Å²) in [5, 5.41) is 5.59. The van der Waals surface area contributed by atoms with E-state index in [9.17, 15) is 4.79 Å². The van der Waals surface area contributed by atoms with Gasteiger partial charge in [-0.1, -0.05) is 6.92 Å². The Morgan fingerprint density at radius 2 is 2.18 bits per heavy atom. The number of carbonyl (C=O) groups excluding carboxylic acids is 1. The maximum absolute atomic E-state index is 11.3. The van der Waals surface area contributed by atoms with Crippen molar-refractivity contribution in [2.45, 2.75) is 19.8 Å². The molecule has 0 spiro atoms. The lowest BCUT2D eigenvalue weighted by Gasteiger charge is -2.30. The van der Waals surface area contributed by atoms with Crippen molar-refractivity contribution in [2.75, 3.05) is 46.4 Å². The summed E-state index contributed by atoms with van der Waals surface area (Å²) in [7, 11) is 1.62. The Hall–Kier alpha value is -0.810. The first-order chi connectivity index (χ1) is 8.22. The van der Waals surface area contributed by atoms with Gasteiger partial charge in [-0.25, -0.2) is 4.79 Å². The van der Waals surface area contributed by atoms with Crippen LogP contribution in [0.4, 0.5) is 4.79 Å². The highest BCUT2D eigenvalue weighted by molar-refractivity contribution is 5.73. The van der Waals surface area contributed by atoms with E-state index in [2.05, 4.69) is 22.5 Å². The molecule has 0 bridgehead atoms. The summed E-state index contributed by atoms with van der Waals surface area (Å²) in [6, 6.07) is -0.105. The highest BCUT2D eigenvalue weighted by atomic mass is 16.5. The topological polar surface area (TPSA) is 53.6 Å². The number of rotatable bonds is 6. The van der Waals surface area contributed by atoms with Crippen molar-refractivity contribution in [3.05, 3.63) is 0 Å². The molecule has 1 fully saturated rings. The van der Waals surface area contributed by atoms with Gasteiger partial charge in [-0.2, -0.15) is 0 Å². The standard InChI is InChI=1S/C12H25N3O2/c1-11-4-3-7-15(10-11)8-5-13-12(16)14-6-9-17-2/h11H,3-10H2,1-2H3,(H2,13,14,16). The Kier molecular flexibility index (Phi) is 6.96. The molecule has 1 unspecified atom stereocenters. The summed E-state index contributed by atoms with van der Waals surface area (Å²) >= 11 is 0. The second-order valence-electron chi connectivity index (χ2n) is 4.72. The van der Waals surface area contributed by atoms with Crippen LogP contribution in [0.15, 0.2) is 0 Å². The minimum Gasteiger partial charge on any atom is -0.383 e. The Morgan fingerprint density at radius 1 is 1.41 bits per heavy atom. The molecule has 0 saturated carbocycles. The maximum Gasteiger partial charge on any atom is 0.314 e. The molecule has 0 radical (unpaired) electrons. The molecule has 0 aromatic carbocycles. The van der Waals surface area contributed by atoms with Gasteiger partial charge in [0.15, 0.2) is 0 Å². The van der Waals surface area contributed by atoms with Crippen LogP contribution in [0.3, 0.4) is 0 Å². The predicted octanol–water partition coefficient (Wildman–Crippen LogP) is 0.664. The minimum atomic E-state index is -0.105. The third-order valence-electron chi connectivity index (χ3n) is 3.05. The van der Waals surface area contributed by atoms with Gasteiger partial charge in [0.05, 0.1) is 6.61 Å². The first-order valence-electron chi connectivity index (χ1n) is 6.45.